The van der Waals surface area contributed by atoms with Crippen molar-refractivity contribution in [3.63, 3.8) is 0 Å². The number of methoxy groups -OCH3 is 3. The summed E-state index contributed by atoms with van der Waals surface area (Å²) in [5.41, 5.74) is -3.75. The first-order chi connectivity index (χ1) is 14.6. The molecule has 9 heteroatoms. The fourth-order valence-corrected chi connectivity index (χ4v) is 7.82. The highest BCUT2D eigenvalue weighted by molar-refractivity contribution is 6.26. The maximum atomic E-state index is 13.7. The number of carbonyl (C=O) groups excluding carboxylic acids is 4. The van der Waals surface area contributed by atoms with Crippen LogP contribution in [0.25, 0.3) is 0 Å². The third-order valence-electron chi connectivity index (χ3n) is 7.92. The van der Waals surface area contributed by atoms with Crippen molar-refractivity contribution in [1.29, 1.82) is 0 Å². The molecule has 1 saturated carbocycles. The molecular weight excluding hydrogens is 426 g/mol. The Bertz CT molecular complexity index is 971. The Hall–Kier alpha value is -2.35. The summed E-state index contributed by atoms with van der Waals surface area (Å²) >= 11 is 7.00. The van der Waals surface area contributed by atoms with E-state index in [1.165, 1.54) is 41.3 Å². The summed E-state index contributed by atoms with van der Waals surface area (Å²) in [7, 11) is 4.19. The van der Waals surface area contributed by atoms with Crippen LogP contribution < -0.4 is 0 Å². The molecule has 1 amide bonds. The van der Waals surface area contributed by atoms with Crippen LogP contribution in [0.4, 0.5) is 0 Å². The predicted molar refractivity (Wildman–Crippen MR) is 109 cm³/mol. The molecule has 0 bridgehead atoms. The lowest BCUT2D eigenvalue weighted by Gasteiger charge is -2.53. The van der Waals surface area contributed by atoms with E-state index in [2.05, 4.69) is 0 Å². The highest BCUT2D eigenvalue weighted by Gasteiger charge is 2.85. The van der Waals surface area contributed by atoms with Crippen molar-refractivity contribution < 1.29 is 33.4 Å². The molecule has 1 aliphatic heterocycles. The maximum absolute atomic E-state index is 13.7. The van der Waals surface area contributed by atoms with Gasteiger partial charge in [-0.3, -0.25) is 19.2 Å². The van der Waals surface area contributed by atoms with Gasteiger partial charge >= 0.3 is 0 Å². The monoisotopic (exact) mass is 451 g/mol. The van der Waals surface area contributed by atoms with Crippen molar-refractivity contribution in [3.05, 3.63) is 23.4 Å². The molecule has 1 saturated heterocycles. The summed E-state index contributed by atoms with van der Waals surface area (Å²) in [4.78, 5) is 54.3. The van der Waals surface area contributed by atoms with E-state index in [1.807, 2.05) is 0 Å². The zero-order valence-electron chi connectivity index (χ0n) is 18.2. The number of Topliss-reactive ketones (excluding diaryl/α,β-unsaturated/α-hetero) is 2. The Balaban J connectivity index is 2.11. The minimum atomic E-state index is -1.44. The van der Waals surface area contributed by atoms with E-state index in [-0.39, 0.29) is 53.4 Å². The molecule has 3 aliphatic carbocycles. The first kappa shape index (κ1) is 21.9. The van der Waals surface area contributed by atoms with Crippen LogP contribution in [0.1, 0.15) is 33.1 Å². The number of hydrogen-bond donors (Lipinski definition) is 0. The van der Waals surface area contributed by atoms with Gasteiger partial charge in [-0.15, -0.1) is 11.6 Å². The van der Waals surface area contributed by atoms with Crippen molar-refractivity contribution in [2.75, 3.05) is 27.9 Å². The summed E-state index contributed by atoms with van der Waals surface area (Å²) in [5.74, 6) is -1.68. The summed E-state index contributed by atoms with van der Waals surface area (Å²) in [6.07, 6.45) is 1.72. The normalized spacial score (nSPS) is 38.9. The first-order valence-electron chi connectivity index (χ1n) is 10.2. The van der Waals surface area contributed by atoms with E-state index in [9.17, 15) is 19.2 Å². The predicted octanol–water partition coefficient (Wildman–Crippen LogP) is 1.76. The van der Waals surface area contributed by atoms with E-state index in [4.69, 9.17) is 25.8 Å². The van der Waals surface area contributed by atoms with Gasteiger partial charge in [0.1, 0.15) is 17.1 Å². The van der Waals surface area contributed by atoms with Crippen LogP contribution in [0.2, 0.25) is 0 Å². The third-order valence-corrected chi connectivity index (χ3v) is 8.42. The number of ether oxygens (including phenoxy) is 3. The van der Waals surface area contributed by atoms with Gasteiger partial charge in [-0.2, -0.15) is 0 Å². The van der Waals surface area contributed by atoms with Crippen molar-refractivity contribution in [2.45, 2.75) is 44.0 Å². The van der Waals surface area contributed by atoms with E-state index < -0.39 is 27.7 Å². The van der Waals surface area contributed by atoms with Crippen LogP contribution in [0, 0.1) is 16.7 Å². The first-order valence-corrected chi connectivity index (χ1v) is 10.6. The molecule has 4 rings (SSSR count). The van der Waals surface area contributed by atoms with Gasteiger partial charge in [-0.05, 0) is 19.8 Å². The molecule has 0 unspecified atom stereocenters. The van der Waals surface area contributed by atoms with E-state index in [0.717, 1.165) is 0 Å². The number of hydrogen-bond acceptors (Lipinski definition) is 7. The van der Waals surface area contributed by atoms with Gasteiger partial charge in [-0.1, -0.05) is 0 Å². The fourth-order valence-electron chi connectivity index (χ4n) is 7.15. The number of allylic oxidation sites excluding steroid dienone is 3. The van der Waals surface area contributed by atoms with Crippen LogP contribution in [0.5, 0.6) is 0 Å². The van der Waals surface area contributed by atoms with Crippen molar-refractivity contribution >= 4 is 34.9 Å². The lowest BCUT2D eigenvalue weighted by molar-refractivity contribution is -0.153. The number of nitrogens with zero attached hydrogens (tertiary/aromatic N) is 1. The van der Waals surface area contributed by atoms with Crippen molar-refractivity contribution in [3.8, 4) is 0 Å². The van der Waals surface area contributed by atoms with E-state index >= 15 is 0 Å². The largest absolute Gasteiger partial charge is 0.500 e. The molecule has 4 aliphatic rings. The second-order valence-electron chi connectivity index (χ2n) is 8.73. The van der Waals surface area contributed by atoms with Gasteiger partial charge in [0.15, 0.2) is 11.5 Å². The van der Waals surface area contributed by atoms with Gasteiger partial charge < -0.3 is 19.1 Å². The number of likely N-dealkylation sites (tertiary alicyclic amines) is 1. The summed E-state index contributed by atoms with van der Waals surface area (Å²) in [5, 5.41) is -0.839. The fraction of sp³-hybridized carbons (Fsp3) is 0.636. The SMILES string of the molecule is COC1=CC(=O)[C@@]2([C@@H]1C(C)=O)[C@@H](Cl)C[C@@]13C(OC)=C(OC)C(=O)C[C@@]21CCN3C(C)=O. The summed E-state index contributed by atoms with van der Waals surface area (Å²) in [6, 6.07) is 0. The molecule has 2 fully saturated rings. The molecule has 0 N–H and O–H groups in total. The molecule has 31 heavy (non-hydrogen) atoms. The molecule has 0 aromatic rings. The highest BCUT2D eigenvalue weighted by Crippen LogP contribution is 2.76. The average molecular weight is 452 g/mol. The van der Waals surface area contributed by atoms with Gasteiger partial charge in [0.2, 0.25) is 17.4 Å². The van der Waals surface area contributed by atoms with Crippen LogP contribution in [0.3, 0.4) is 0 Å². The quantitative estimate of drug-likeness (QED) is 0.600. The van der Waals surface area contributed by atoms with Crippen LogP contribution in [0.15, 0.2) is 23.4 Å². The Morgan fingerprint density at radius 2 is 1.81 bits per heavy atom. The molecular formula is C22H26ClNO7. The smallest absolute Gasteiger partial charge is 0.220 e. The molecule has 0 aromatic carbocycles. The minimum Gasteiger partial charge on any atom is -0.500 e. The number of alkyl halides is 1. The zero-order valence-corrected chi connectivity index (χ0v) is 19.0. The van der Waals surface area contributed by atoms with Crippen LogP contribution >= 0.6 is 11.6 Å². The topological polar surface area (TPSA) is 99.2 Å². The van der Waals surface area contributed by atoms with Crippen molar-refractivity contribution in [1.82, 2.24) is 4.90 Å². The minimum absolute atomic E-state index is 0.0249. The second-order valence-corrected chi connectivity index (χ2v) is 9.26. The lowest BCUT2D eigenvalue weighted by atomic mass is 9.50. The summed E-state index contributed by atoms with van der Waals surface area (Å²) < 4.78 is 16.6. The van der Waals surface area contributed by atoms with Gasteiger partial charge in [0, 0.05) is 31.4 Å². The number of amides is 1. The van der Waals surface area contributed by atoms with Gasteiger partial charge in [0.25, 0.3) is 0 Å². The van der Waals surface area contributed by atoms with Crippen LogP contribution in [-0.2, 0) is 33.4 Å². The molecule has 8 nitrogen and oxygen atoms in total. The maximum Gasteiger partial charge on any atom is 0.220 e. The average Bonchev–Trinajstić information content (AvgIpc) is 3.26. The van der Waals surface area contributed by atoms with Crippen molar-refractivity contribution in [2.24, 2.45) is 16.7 Å². The van der Waals surface area contributed by atoms with E-state index in [1.54, 1.807) is 4.90 Å². The van der Waals surface area contributed by atoms with E-state index in [0.29, 0.717) is 13.0 Å². The molecule has 5 atom stereocenters. The Morgan fingerprint density at radius 1 is 1.13 bits per heavy atom. The number of halogens is 1. The second kappa shape index (κ2) is 6.82. The molecule has 0 radical (unpaired) electrons. The third kappa shape index (κ3) is 2.17. The van der Waals surface area contributed by atoms with Gasteiger partial charge in [0.05, 0.1) is 38.0 Å². The molecule has 168 valence electrons. The zero-order chi connectivity index (χ0) is 22.9. The Morgan fingerprint density at radius 3 is 2.32 bits per heavy atom. The number of carbonyl (C=O) groups is 4. The standard InChI is InChI=1S/C22H26ClNO7/c1-11(25)17-14(29-3)8-16(28)22(17)15(23)10-21-19(31-5)18(30-4)13(27)9-20(21,22)6-7-24(21)12(2)26/h8,15,17H,6-7,9-10H2,1-5H3/t15-,17+,20+,21+,22+/m0/s1. The Labute approximate surface area is 185 Å². The number of ketones is 3. The van der Waals surface area contributed by atoms with Crippen LogP contribution in [-0.4, -0.2) is 66.9 Å². The molecule has 1 spiro atoms. The summed E-state index contributed by atoms with van der Waals surface area (Å²) in [6.45, 7) is 3.14. The number of rotatable bonds is 4. The Kier molecular flexibility index (Phi) is 4.81. The molecule has 0 aromatic heterocycles. The highest BCUT2D eigenvalue weighted by atomic mass is 35.5. The lowest BCUT2D eigenvalue weighted by Crippen LogP contribution is -2.64. The van der Waals surface area contributed by atoms with Gasteiger partial charge in [-0.25, -0.2) is 0 Å². The molecule has 1 heterocycles.